The zero-order chi connectivity index (χ0) is 13.1. The molecule has 0 spiro atoms. The van der Waals surface area contributed by atoms with Crippen LogP contribution in [-0.2, 0) is 0 Å². The molecule has 5 nitrogen and oxygen atoms in total. The molecule has 2 aromatic rings. The number of rotatable bonds is 4. The van der Waals surface area contributed by atoms with Crippen LogP contribution in [0.25, 0.3) is 0 Å². The van der Waals surface area contributed by atoms with Crippen molar-refractivity contribution in [3.63, 3.8) is 0 Å². The van der Waals surface area contributed by atoms with E-state index in [1.165, 1.54) is 0 Å². The summed E-state index contributed by atoms with van der Waals surface area (Å²) in [4.78, 5) is 0. The van der Waals surface area contributed by atoms with E-state index in [-0.39, 0.29) is 12.1 Å². The lowest BCUT2D eigenvalue weighted by atomic mass is 10.1. The molecule has 2 atom stereocenters. The molecule has 1 aromatic heterocycles. The second-order valence-electron chi connectivity index (χ2n) is 4.16. The standard InChI is InChI=1S/C12H15ClN4O/c1-7(14)11-16-17-12(18-11)15-8(2)9-4-3-5-10(13)6-9/h3-8H,14H2,1-2H3,(H,15,17). The summed E-state index contributed by atoms with van der Waals surface area (Å²) in [5.41, 5.74) is 6.69. The van der Waals surface area contributed by atoms with Crippen LogP contribution in [0.5, 0.6) is 0 Å². The Hall–Kier alpha value is -1.59. The molecule has 0 aliphatic carbocycles. The van der Waals surface area contributed by atoms with Crippen LogP contribution in [0.1, 0.15) is 37.4 Å². The van der Waals surface area contributed by atoms with Crippen molar-refractivity contribution in [1.82, 2.24) is 10.2 Å². The first-order valence-electron chi connectivity index (χ1n) is 5.67. The maximum atomic E-state index is 5.94. The molecular weight excluding hydrogens is 252 g/mol. The first kappa shape index (κ1) is 12.9. The Morgan fingerprint density at radius 3 is 2.72 bits per heavy atom. The minimum atomic E-state index is -0.269. The fraction of sp³-hybridized carbons (Fsp3) is 0.333. The predicted octanol–water partition coefficient (Wildman–Crippen LogP) is 2.92. The van der Waals surface area contributed by atoms with Gasteiger partial charge in [-0.3, -0.25) is 0 Å². The predicted molar refractivity (Wildman–Crippen MR) is 70.4 cm³/mol. The monoisotopic (exact) mass is 266 g/mol. The molecule has 0 fully saturated rings. The number of nitrogens with zero attached hydrogens (tertiary/aromatic N) is 2. The van der Waals surface area contributed by atoms with Crippen LogP contribution in [-0.4, -0.2) is 10.2 Å². The molecule has 0 aliphatic rings. The lowest BCUT2D eigenvalue weighted by Gasteiger charge is -2.12. The van der Waals surface area contributed by atoms with Gasteiger partial charge in [0.25, 0.3) is 0 Å². The minimum Gasteiger partial charge on any atom is -0.406 e. The minimum absolute atomic E-state index is 0.0186. The molecule has 0 radical (unpaired) electrons. The third-order valence-corrected chi connectivity index (χ3v) is 2.75. The molecule has 0 bridgehead atoms. The van der Waals surface area contributed by atoms with Gasteiger partial charge in [-0.2, -0.15) is 0 Å². The highest BCUT2D eigenvalue weighted by molar-refractivity contribution is 6.30. The number of hydrogen-bond acceptors (Lipinski definition) is 5. The molecule has 2 unspecified atom stereocenters. The molecular formula is C12H15ClN4O. The molecule has 1 heterocycles. The van der Waals surface area contributed by atoms with Gasteiger partial charge < -0.3 is 15.5 Å². The summed E-state index contributed by atoms with van der Waals surface area (Å²) in [5.74, 6) is 0.413. The van der Waals surface area contributed by atoms with Gasteiger partial charge in [-0.1, -0.05) is 28.8 Å². The Bertz CT molecular complexity index is 526. The fourth-order valence-electron chi connectivity index (χ4n) is 1.52. The van der Waals surface area contributed by atoms with Crippen LogP contribution >= 0.6 is 11.6 Å². The Morgan fingerprint density at radius 2 is 2.11 bits per heavy atom. The lowest BCUT2D eigenvalue weighted by Crippen LogP contribution is -2.07. The summed E-state index contributed by atoms with van der Waals surface area (Å²) in [6.07, 6.45) is 0. The van der Waals surface area contributed by atoms with E-state index in [9.17, 15) is 0 Å². The highest BCUT2D eigenvalue weighted by atomic mass is 35.5. The van der Waals surface area contributed by atoms with E-state index in [0.717, 1.165) is 5.56 Å². The normalized spacial score (nSPS) is 14.2. The molecule has 1 aromatic carbocycles. The van der Waals surface area contributed by atoms with Crippen LogP contribution in [0, 0.1) is 0 Å². The van der Waals surface area contributed by atoms with Crippen molar-refractivity contribution < 1.29 is 4.42 Å². The lowest BCUT2D eigenvalue weighted by molar-refractivity contribution is 0.470. The zero-order valence-electron chi connectivity index (χ0n) is 10.2. The van der Waals surface area contributed by atoms with Gasteiger partial charge in [-0.15, -0.1) is 5.10 Å². The molecule has 0 saturated carbocycles. The smallest absolute Gasteiger partial charge is 0.315 e. The van der Waals surface area contributed by atoms with Gasteiger partial charge in [0.2, 0.25) is 5.89 Å². The molecule has 2 rings (SSSR count). The largest absolute Gasteiger partial charge is 0.406 e. The van der Waals surface area contributed by atoms with E-state index < -0.39 is 0 Å². The van der Waals surface area contributed by atoms with Crippen molar-refractivity contribution in [2.45, 2.75) is 25.9 Å². The number of anilines is 1. The molecule has 0 aliphatic heterocycles. The number of aromatic nitrogens is 2. The number of benzene rings is 1. The first-order chi connectivity index (χ1) is 8.56. The molecule has 6 heteroatoms. The fourth-order valence-corrected chi connectivity index (χ4v) is 1.72. The average Bonchev–Trinajstić information content (AvgIpc) is 2.77. The summed E-state index contributed by atoms with van der Waals surface area (Å²) in [7, 11) is 0. The second kappa shape index (κ2) is 5.37. The van der Waals surface area contributed by atoms with Gasteiger partial charge in [0, 0.05) is 5.02 Å². The van der Waals surface area contributed by atoms with Crippen molar-refractivity contribution in [2.24, 2.45) is 5.73 Å². The van der Waals surface area contributed by atoms with E-state index in [1.807, 2.05) is 31.2 Å². The van der Waals surface area contributed by atoms with Crippen molar-refractivity contribution in [3.8, 4) is 0 Å². The maximum Gasteiger partial charge on any atom is 0.315 e. The summed E-state index contributed by atoms with van der Waals surface area (Å²) >= 11 is 5.94. The topological polar surface area (TPSA) is 77.0 Å². The van der Waals surface area contributed by atoms with Gasteiger partial charge >= 0.3 is 6.01 Å². The quantitative estimate of drug-likeness (QED) is 0.890. The van der Waals surface area contributed by atoms with Crippen molar-refractivity contribution in [2.75, 3.05) is 5.32 Å². The highest BCUT2D eigenvalue weighted by Crippen LogP contribution is 2.21. The molecule has 3 N–H and O–H groups in total. The van der Waals surface area contributed by atoms with Gasteiger partial charge in [0.1, 0.15) is 0 Å². The molecule has 96 valence electrons. The summed E-state index contributed by atoms with van der Waals surface area (Å²) in [6.45, 7) is 3.78. The number of hydrogen-bond donors (Lipinski definition) is 2. The van der Waals surface area contributed by atoms with Gasteiger partial charge in [0.05, 0.1) is 12.1 Å². The number of halogens is 1. The van der Waals surface area contributed by atoms with E-state index in [0.29, 0.717) is 16.9 Å². The molecule has 0 saturated heterocycles. The van der Waals surface area contributed by atoms with Gasteiger partial charge in [0.15, 0.2) is 0 Å². The van der Waals surface area contributed by atoms with Crippen LogP contribution in [0.15, 0.2) is 28.7 Å². The Kier molecular flexibility index (Phi) is 3.84. The first-order valence-corrected chi connectivity index (χ1v) is 6.05. The Morgan fingerprint density at radius 1 is 1.33 bits per heavy atom. The average molecular weight is 267 g/mol. The van der Waals surface area contributed by atoms with Crippen molar-refractivity contribution in [3.05, 3.63) is 40.7 Å². The van der Waals surface area contributed by atoms with Gasteiger partial charge in [-0.05, 0) is 31.5 Å². The SMILES string of the molecule is CC(N)c1nnc(NC(C)c2cccc(Cl)c2)o1. The van der Waals surface area contributed by atoms with Crippen LogP contribution < -0.4 is 11.1 Å². The summed E-state index contributed by atoms with van der Waals surface area (Å²) in [5, 5.41) is 11.5. The van der Waals surface area contributed by atoms with Crippen LogP contribution in [0.4, 0.5) is 6.01 Å². The van der Waals surface area contributed by atoms with Crippen LogP contribution in [0.3, 0.4) is 0 Å². The van der Waals surface area contributed by atoms with Gasteiger partial charge in [-0.25, -0.2) is 0 Å². The Balaban J connectivity index is 2.08. The highest BCUT2D eigenvalue weighted by Gasteiger charge is 2.12. The number of nitrogens with one attached hydrogen (secondary N) is 1. The van der Waals surface area contributed by atoms with Crippen molar-refractivity contribution >= 4 is 17.6 Å². The number of nitrogens with two attached hydrogens (primary N) is 1. The molecule has 0 amide bonds. The third kappa shape index (κ3) is 3.00. The maximum absolute atomic E-state index is 5.94. The second-order valence-corrected chi connectivity index (χ2v) is 4.59. The van der Waals surface area contributed by atoms with E-state index in [1.54, 1.807) is 6.92 Å². The van der Waals surface area contributed by atoms with E-state index >= 15 is 0 Å². The van der Waals surface area contributed by atoms with E-state index in [4.69, 9.17) is 21.8 Å². The zero-order valence-corrected chi connectivity index (χ0v) is 11.0. The third-order valence-electron chi connectivity index (χ3n) is 2.52. The molecule has 18 heavy (non-hydrogen) atoms. The summed E-state index contributed by atoms with van der Waals surface area (Å²) < 4.78 is 5.38. The summed E-state index contributed by atoms with van der Waals surface area (Å²) in [6, 6.07) is 7.71. The van der Waals surface area contributed by atoms with Crippen molar-refractivity contribution in [1.29, 1.82) is 0 Å². The van der Waals surface area contributed by atoms with Crippen LogP contribution in [0.2, 0.25) is 5.02 Å². The van der Waals surface area contributed by atoms with E-state index in [2.05, 4.69) is 15.5 Å². The Labute approximate surface area is 110 Å².